The summed E-state index contributed by atoms with van der Waals surface area (Å²) in [7, 11) is 0. The maximum absolute atomic E-state index is 13.6. The van der Waals surface area contributed by atoms with Crippen LogP contribution in [-0.2, 0) is 0 Å². The summed E-state index contributed by atoms with van der Waals surface area (Å²) in [5, 5.41) is 0. The van der Waals surface area contributed by atoms with E-state index < -0.39 is 0 Å². The Bertz CT molecular complexity index is 694. The molecular formula is C21H23FO. The molecule has 23 heavy (non-hydrogen) atoms. The highest BCUT2D eigenvalue weighted by atomic mass is 19.1. The van der Waals surface area contributed by atoms with Gasteiger partial charge in [-0.1, -0.05) is 56.2 Å². The smallest absolute Gasteiger partial charge is 0.193 e. The van der Waals surface area contributed by atoms with Crippen LogP contribution in [0.25, 0.3) is 0 Å². The summed E-state index contributed by atoms with van der Waals surface area (Å²) in [6.07, 6.45) is 5.04. The van der Waals surface area contributed by atoms with E-state index >= 15 is 0 Å². The maximum atomic E-state index is 13.6. The molecule has 0 spiro atoms. The summed E-state index contributed by atoms with van der Waals surface area (Å²) in [4.78, 5) is 12.5. The lowest BCUT2D eigenvalue weighted by atomic mass is 9.79. The van der Waals surface area contributed by atoms with Crippen molar-refractivity contribution in [3.8, 4) is 0 Å². The average Bonchev–Trinajstić information content (AvgIpc) is 2.57. The lowest BCUT2D eigenvalue weighted by Crippen LogP contribution is -2.11. The summed E-state index contributed by atoms with van der Waals surface area (Å²) in [6, 6.07) is 12.6. The van der Waals surface area contributed by atoms with Crippen molar-refractivity contribution >= 4 is 5.78 Å². The SMILES string of the molecule is Cc1ccc(C(=O)c2ccc(C3CCC(C)CC3)cc2)cc1F. The second kappa shape index (κ2) is 6.66. The number of carbonyl (C=O) groups is 1. The molecule has 0 aromatic heterocycles. The van der Waals surface area contributed by atoms with Gasteiger partial charge < -0.3 is 0 Å². The van der Waals surface area contributed by atoms with Gasteiger partial charge in [-0.15, -0.1) is 0 Å². The highest BCUT2D eigenvalue weighted by Gasteiger charge is 2.20. The van der Waals surface area contributed by atoms with Gasteiger partial charge in [-0.25, -0.2) is 4.39 Å². The molecule has 1 saturated carbocycles. The van der Waals surface area contributed by atoms with Crippen molar-refractivity contribution in [2.75, 3.05) is 0 Å². The molecule has 0 saturated heterocycles. The van der Waals surface area contributed by atoms with Gasteiger partial charge in [0.05, 0.1) is 0 Å². The third-order valence-corrected chi connectivity index (χ3v) is 5.09. The molecule has 0 amide bonds. The highest BCUT2D eigenvalue weighted by molar-refractivity contribution is 6.09. The van der Waals surface area contributed by atoms with Crippen LogP contribution in [0.3, 0.4) is 0 Å². The fourth-order valence-electron chi connectivity index (χ4n) is 3.40. The number of carbonyl (C=O) groups excluding carboxylic acids is 1. The van der Waals surface area contributed by atoms with E-state index in [2.05, 4.69) is 19.1 Å². The first-order valence-electron chi connectivity index (χ1n) is 8.45. The first kappa shape index (κ1) is 15.9. The summed E-state index contributed by atoms with van der Waals surface area (Å²) in [5.41, 5.74) is 2.92. The Balaban J connectivity index is 1.76. The van der Waals surface area contributed by atoms with Crippen LogP contribution in [-0.4, -0.2) is 5.78 Å². The molecule has 0 unspecified atom stereocenters. The van der Waals surface area contributed by atoms with Gasteiger partial charge >= 0.3 is 0 Å². The van der Waals surface area contributed by atoms with Crippen molar-refractivity contribution in [3.05, 3.63) is 70.5 Å². The highest BCUT2D eigenvalue weighted by Crippen LogP contribution is 2.35. The second-order valence-electron chi connectivity index (χ2n) is 6.87. The minimum absolute atomic E-state index is 0.118. The van der Waals surface area contributed by atoms with E-state index in [-0.39, 0.29) is 11.6 Å². The van der Waals surface area contributed by atoms with Gasteiger partial charge in [0, 0.05) is 11.1 Å². The van der Waals surface area contributed by atoms with E-state index in [1.807, 2.05) is 12.1 Å². The minimum Gasteiger partial charge on any atom is -0.289 e. The Hall–Kier alpha value is -1.96. The number of hydrogen-bond acceptors (Lipinski definition) is 1. The quantitative estimate of drug-likeness (QED) is 0.669. The molecule has 120 valence electrons. The zero-order valence-electron chi connectivity index (χ0n) is 13.8. The Labute approximate surface area is 137 Å². The predicted octanol–water partition coefficient (Wildman–Crippen LogP) is 5.66. The molecule has 0 atom stereocenters. The molecule has 0 heterocycles. The predicted molar refractivity (Wildman–Crippen MR) is 91.4 cm³/mol. The standard InChI is InChI=1S/C21H23FO/c1-14-3-6-16(7-4-14)17-9-11-18(12-10-17)21(23)19-8-5-15(2)20(22)13-19/h5,8-14,16H,3-4,6-7H2,1-2H3. The van der Waals surface area contributed by atoms with E-state index in [0.29, 0.717) is 22.6 Å². The number of hydrogen-bond donors (Lipinski definition) is 0. The van der Waals surface area contributed by atoms with Crippen LogP contribution in [0.4, 0.5) is 4.39 Å². The summed E-state index contributed by atoms with van der Waals surface area (Å²) in [6.45, 7) is 4.02. The molecule has 2 aromatic rings. The zero-order chi connectivity index (χ0) is 16.4. The zero-order valence-corrected chi connectivity index (χ0v) is 13.8. The molecular weight excluding hydrogens is 287 g/mol. The molecule has 1 aliphatic carbocycles. The summed E-state index contributed by atoms with van der Waals surface area (Å²) in [5.74, 6) is 1.01. The van der Waals surface area contributed by atoms with E-state index in [1.54, 1.807) is 19.1 Å². The van der Waals surface area contributed by atoms with E-state index in [9.17, 15) is 9.18 Å². The van der Waals surface area contributed by atoms with Crippen LogP contribution < -0.4 is 0 Å². The van der Waals surface area contributed by atoms with Crippen molar-refractivity contribution in [1.29, 1.82) is 0 Å². The van der Waals surface area contributed by atoms with E-state index in [0.717, 1.165) is 5.92 Å². The molecule has 2 heteroatoms. The van der Waals surface area contributed by atoms with E-state index in [4.69, 9.17) is 0 Å². The first-order chi connectivity index (χ1) is 11.0. The molecule has 1 nitrogen and oxygen atoms in total. The number of aryl methyl sites for hydroxylation is 1. The number of ketones is 1. The normalized spacial score (nSPS) is 21.2. The Morgan fingerprint density at radius 2 is 1.57 bits per heavy atom. The van der Waals surface area contributed by atoms with Crippen molar-refractivity contribution in [2.24, 2.45) is 5.92 Å². The number of benzene rings is 2. The molecule has 3 rings (SSSR count). The number of rotatable bonds is 3. The van der Waals surface area contributed by atoms with Gasteiger partial charge in [0.1, 0.15) is 5.82 Å². The van der Waals surface area contributed by atoms with Gasteiger partial charge in [-0.05, 0) is 48.8 Å². The fraction of sp³-hybridized carbons (Fsp3) is 0.381. The van der Waals surface area contributed by atoms with Crippen molar-refractivity contribution in [1.82, 2.24) is 0 Å². The van der Waals surface area contributed by atoms with Gasteiger partial charge in [0.25, 0.3) is 0 Å². The molecule has 1 fully saturated rings. The van der Waals surface area contributed by atoms with Crippen LogP contribution in [0.2, 0.25) is 0 Å². The topological polar surface area (TPSA) is 17.1 Å². The third kappa shape index (κ3) is 3.52. The lowest BCUT2D eigenvalue weighted by Gasteiger charge is -2.26. The second-order valence-corrected chi connectivity index (χ2v) is 6.87. The fourth-order valence-corrected chi connectivity index (χ4v) is 3.40. The van der Waals surface area contributed by atoms with Crippen LogP contribution in [0.5, 0.6) is 0 Å². The molecule has 0 radical (unpaired) electrons. The van der Waals surface area contributed by atoms with Crippen LogP contribution >= 0.6 is 0 Å². The van der Waals surface area contributed by atoms with Gasteiger partial charge in [-0.2, -0.15) is 0 Å². The summed E-state index contributed by atoms with van der Waals surface area (Å²) < 4.78 is 13.6. The Morgan fingerprint density at radius 3 is 2.17 bits per heavy atom. The Kier molecular flexibility index (Phi) is 4.61. The Morgan fingerprint density at radius 1 is 0.957 bits per heavy atom. The maximum Gasteiger partial charge on any atom is 0.193 e. The summed E-state index contributed by atoms with van der Waals surface area (Å²) >= 11 is 0. The molecule has 0 N–H and O–H groups in total. The molecule has 0 bridgehead atoms. The minimum atomic E-state index is -0.330. The lowest BCUT2D eigenvalue weighted by molar-refractivity contribution is 0.103. The van der Waals surface area contributed by atoms with Gasteiger partial charge in [-0.3, -0.25) is 4.79 Å². The first-order valence-corrected chi connectivity index (χ1v) is 8.45. The van der Waals surface area contributed by atoms with E-state index in [1.165, 1.54) is 37.3 Å². The van der Waals surface area contributed by atoms with Gasteiger partial charge in [0.2, 0.25) is 0 Å². The van der Waals surface area contributed by atoms with Crippen molar-refractivity contribution in [3.63, 3.8) is 0 Å². The van der Waals surface area contributed by atoms with Crippen molar-refractivity contribution < 1.29 is 9.18 Å². The average molecular weight is 310 g/mol. The van der Waals surface area contributed by atoms with Gasteiger partial charge in [0.15, 0.2) is 5.78 Å². The monoisotopic (exact) mass is 310 g/mol. The van der Waals surface area contributed by atoms with Crippen LogP contribution in [0, 0.1) is 18.7 Å². The van der Waals surface area contributed by atoms with Crippen LogP contribution in [0.15, 0.2) is 42.5 Å². The number of halogens is 1. The molecule has 1 aliphatic rings. The van der Waals surface area contributed by atoms with Crippen molar-refractivity contribution in [2.45, 2.75) is 45.4 Å². The molecule has 2 aromatic carbocycles. The largest absolute Gasteiger partial charge is 0.289 e. The van der Waals surface area contributed by atoms with Crippen LogP contribution in [0.1, 0.15) is 65.6 Å². The third-order valence-electron chi connectivity index (χ3n) is 5.09. The molecule has 0 aliphatic heterocycles.